The Morgan fingerprint density at radius 2 is 2.18 bits per heavy atom. The van der Waals surface area contributed by atoms with Crippen LogP contribution in [-0.2, 0) is 11.8 Å². The summed E-state index contributed by atoms with van der Waals surface area (Å²) in [5.41, 5.74) is 0.615. The number of thiophene rings is 1. The molecule has 3 N–H and O–H groups in total. The summed E-state index contributed by atoms with van der Waals surface area (Å²) in [6.45, 7) is 2.61. The van der Waals surface area contributed by atoms with Gasteiger partial charge in [0.2, 0.25) is 5.06 Å². The van der Waals surface area contributed by atoms with Crippen LogP contribution in [0.5, 0.6) is 10.8 Å². The molecule has 5 nitrogen and oxygen atoms in total. The number of anilines is 1. The quantitative estimate of drug-likeness (QED) is 0.701. The van der Waals surface area contributed by atoms with Crippen molar-refractivity contribution < 1.29 is 19.0 Å². The Bertz CT molecular complexity index is 415. The highest BCUT2D eigenvalue weighted by Gasteiger charge is 2.20. The van der Waals surface area contributed by atoms with Crippen molar-refractivity contribution in [2.45, 2.75) is 26.8 Å². The summed E-state index contributed by atoms with van der Waals surface area (Å²) < 4.78 is 10.4. The third-order valence-corrected chi connectivity index (χ3v) is 3.26. The molecule has 0 saturated carbocycles. The molecule has 0 spiro atoms. The first-order chi connectivity index (χ1) is 7.83. The largest absolute Gasteiger partial charge is 0.491 e. The zero-order valence-corrected chi connectivity index (χ0v) is 12.4. The van der Waals surface area contributed by atoms with Crippen LogP contribution in [0.3, 0.4) is 0 Å². The highest BCUT2D eigenvalue weighted by Crippen LogP contribution is 2.49. The molecule has 0 aromatic carbocycles. The second-order valence-corrected chi connectivity index (χ2v) is 7.01. The third kappa shape index (κ3) is 4.81. The van der Waals surface area contributed by atoms with E-state index < -0.39 is 6.72 Å². The minimum atomic E-state index is -3.72. The highest BCUT2D eigenvalue weighted by atomic mass is 32.5. The van der Waals surface area contributed by atoms with E-state index in [1.54, 1.807) is 5.38 Å². The summed E-state index contributed by atoms with van der Waals surface area (Å²) in [6, 6.07) is 0.168. The normalized spacial score (nSPS) is 11.6. The van der Waals surface area contributed by atoms with Crippen molar-refractivity contribution in [3.05, 3.63) is 5.38 Å². The number of hydrogen-bond acceptors (Lipinski definition) is 5. The van der Waals surface area contributed by atoms with E-state index in [1.165, 1.54) is 11.3 Å². The first-order valence-electron chi connectivity index (χ1n) is 5.09. The zero-order valence-electron chi connectivity index (χ0n) is 9.84. The number of rotatable bonds is 6. The van der Waals surface area contributed by atoms with Crippen molar-refractivity contribution in [2.24, 2.45) is 0 Å². The van der Waals surface area contributed by atoms with Crippen molar-refractivity contribution in [3.8, 4) is 10.8 Å². The van der Waals surface area contributed by atoms with Gasteiger partial charge in [0, 0.05) is 23.2 Å². The van der Waals surface area contributed by atoms with Gasteiger partial charge in [0.15, 0.2) is 5.75 Å². The van der Waals surface area contributed by atoms with Crippen LogP contribution in [0.15, 0.2) is 5.38 Å². The molecule has 1 heterocycles. The fraction of sp³-hybridized carbons (Fsp3) is 0.556. The van der Waals surface area contributed by atoms with E-state index in [-0.39, 0.29) is 6.04 Å². The molecule has 0 aliphatic rings. The first-order valence-corrected chi connectivity index (χ1v) is 8.60. The molecule has 0 saturated heterocycles. The number of ether oxygens (including phenoxy) is 1. The lowest BCUT2D eigenvalue weighted by Crippen LogP contribution is -2.11. The van der Waals surface area contributed by atoms with Gasteiger partial charge < -0.3 is 24.4 Å². The molecule has 0 atom stereocenters. The second kappa shape index (κ2) is 6.02. The van der Waals surface area contributed by atoms with Crippen molar-refractivity contribution in [3.63, 3.8) is 0 Å². The summed E-state index contributed by atoms with van der Waals surface area (Å²) in [5, 5.41) is 5.23. The van der Waals surface area contributed by atoms with Crippen LogP contribution in [0.25, 0.3) is 0 Å². The van der Waals surface area contributed by atoms with Gasteiger partial charge in [-0.25, -0.2) is 0 Å². The molecular formula is C9H16NO4PS2. The minimum Gasteiger partial charge on any atom is -0.491 e. The van der Waals surface area contributed by atoms with Gasteiger partial charge >= 0.3 is 6.72 Å². The SMILES string of the molecule is CCOc1csc(OP(O)(O)=S)c1NC(C)C. The van der Waals surface area contributed by atoms with Crippen LogP contribution >= 0.6 is 18.1 Å². The lowest BCUT2D eigenvalue weighted by atomic mass is 10.3. The molecule has 8 heteroatoms. The molecule has 0 amide bonds. The summed E-state index contributed by atoms with van der Waals surface area (Å²) in [5.74, 6) is 0.629. The molecule has 0 aliphatic heterocycles. The minimum absolute atomic E-state index is 0.168. The number of nitrogens with one attached hydrogen (secondary N) is 1. The van der Waals surface area contributed by atoms with Crippen LogP contribution in [0, 0.1) is 0 Å². The van der Waals surface area contributed by atoms with E-state index in [0.717, 1.165) is 0 Å². The maximum absolute atomic E-state index is 9.17. The van der Waals surface area contributed by atoms with Crippen molar-refractivity contribution in [2.75, 3.05) is 11.9 Å². The summed E-state index contributed by atoms with van der Waals surface area (Å²) >= 11 is 5.67. The van der Waals surface area contributed by atoms with Gasteiger partial charge in [-0.3, -0.25) is 0 Å². The first kappa shape index (κ1) is 14.7. The Hall–Kier alpha value is -0.330. The fourth-order valence-corrected chi connectivity index (χ4v) is 3.01. The van der Waals surface area contributed by atoms with Gasteiger partial charge in [0.25, 0.3) is 0 Å². The molecular weight excluding hydrogens is 281 g/mol. The Morgan fingerprint density at radius 3 is 2.65 bits per heavy atom. The molecule has 0 radical (unpaired) electrons. The molecule has 0 fully saturated rings. The third-order valence-electron chi connectivity index (χ3n) is 1.66. The number of hydrogen-bond donors (Lipinski definition) is 3. The van der Waals surface area contributed by atoms with E-state index >= 15 is 0 Å². The second-order valence-electron chi connectivity index (χ2n) is 3.58. The predicted octanol–water partition coefficient (Wildman–Crippen LogP) is 2.56. The molecule has 0 unspecified atom stereocenters. The zero-order chi connectivity index (χ0) is 13.1. The molecule has 1 rings (SSSR count). The van der Waals surface area contributed by atoms with E-state index in [4.69, 9.17) is 19.0 Å². The maximum Gasteiger partial charge on any atom is 0.376 e. The molecule has 17 heavy (non-hydrogen) atoms. The van der Waals surface area contributed by atoms with Gasteiger partial charge in [-0.1, -0.05) is 0 Å². The van der Waals surface area contributed by atoms with Crippen LogP contribution < -0.4 is 14.6 Å². The monoisotopic (exact) mass is 297 g/mol. The lowest BCUT2D eigenvalue weighted by molar-refractivity contribution is 0.341. The van der Waals surface area contributed by atoms with Crippen molar-refractivity contribution in [1.29, 1.82) is 0 Å². The molecule has 1 aromatic rings. The fourth-order valence-electron chi connectivity index (χ4n) is 1.18. The Morgan fingerprint density at radius 1 is 1.53 bits per heavy atom. The van der Waals surface area contributed by atoms with Gasteiger partial charge in [-0.05, 0) is 20.8 Å². The van der Waals surface area contributed by atoms with E-state index in [9.17, 15) is 0 Å². The van der Waals surface area contributed by atoms with E-state index in [2.05, 4.69) is 17.1 Å². The van der Waals surface area contributed by atoms with Crippen LogP contribution in [0.2, 0.25) is 0 Å². The summed E-state index contributed by atoms with van der Waals surface area (Å²) in [4.78, 5) is 18.3. The maximum atomic E-state index is 9.17. The van der Waals surface area contributed by atoms with Crippen LogP contribution in [0.1, 0.15) is 20.8 Å². The molecule has 0 aliphatic carbocycles. The van der Waals surface area contributed by atoms with Gasteiger partial charge in [-0.2, -0.15) is 0 Å². The average molecular weight is 297 g/mol. The average Bonchev–Trinajstić information content (AvgIpc) is 2.47. The van der Waals surface area contributed by atoms with E-state index in [1.807, 2.05) is 20.8 Å². The van der Waals surface area contributed by atoms with E-state index in [0.29, 0.717) is 23.1 Å². The van der Waals surface area contributed by atoms with Crippen molar-refractivity contribution >= 4 is 35.5 Å². The Balaban J connectivity index is 2.99. The Kier molecular flexibility index (Phi) is 5.22. The molecule has 1 aromatic heterocycles. The van der Waals surface area contributed by atoms with Gasteiger partial charge in [0.1, 0.15) is 5.69 Å². The Labute approximate surface area is 110 Å². The standard InChI is InChI=1S/C9H16NO4PS2/c1-4-13-7-5-17-9(14-15(11,12)16)8(7)10-6(2)3/h5-6,10H,4H2,1-3H3,(H2,11,12,16). The van der Waals surface area contributed by atoms with Gasteiger partial charge in [-0.15, -0.1) is 11.3 Å². The topological polar surface area (TPSA) is 71.0 Å². The van der Waals surface area contributed by atoms with Crippen LogP contribution in [-0.4, -0.2) is 22.4 Å². The summed E-state index contributed by atoms with van der Waals surface area (Å²) in [7, 11) is 0. The van der Waals surface area contributed by atoms with Crippen LogP contribution in [0.4, 0.5) is 5.69 Å². The molecule has 0 bridgehead atoms. The molecule has 98 valence electrons. The lowest BCUT2D eigenvalue weighted by Gasteiger charge is -2.15. The summed E-state index contributed by atoms with van der Waals surface area (Å²) in [6.07, 6.45) is 0. The van der Waals surface area contributed by atoms with Gasteiger partial charge in [0.05, 0.1) is 6.61 Å². The van der Waals surface area contributed by atoms with Crippen molar-refractivity contribution in [1.82, 2.24) is 0 Å². The smallest absolute Gasteiger partial charge is 0.376 e. The highest BCUT2D eigenvalue weighted by molar-refractivity contribution is 8.06. The predicted molar refractivity (Wildman–Crippen MR) is 73.6 cm³/mol.